The van der Waals surface area contributed by atoms with Crippen molar-refractivity contribution in [3.05, 3.63) is 18.1 Å². The molecule has 0 N–H and O–H groups in total. The molecule has 3 nitrogen and oxygen atoms in total. The van der Waals surface area contributed by atoms with E-state index >= 15 is 0 Å². The first-order valence-electron chi connectivity index (χ1n) is 5.61. The van der Waals surface area contributed by atoms with Gasteiger partial charge in [-0.25, -0.2) is 9.97 Å². The molecule has 3 rings (SSSR count). The van der Waals surface area contributed by atoms with Gasteiger partial charge in [0.1, 0.15) is 11.2 Å². The molecule has 2 aliphatic carbocycles. The van der Waals surface area contributed by atoms with Crippen LogP contribution in [0.2, 0.25) is 0 Å². The van der Waals surface area contributed by atoms with Crippen LogP contribution in [0, 0.1) is 23.2 Å². The van der Waals surface area contributed by atoms with Crippen molar-refractivity contribution >= 4 is 11.8 Å². The van der Waals surface area contributed by atoms with Crippen molar-refractivity contribution in [3.63, 3.8) is 0 Å². The number of nitrogens with zero attached hydrogens (tertiary/aromatic N) is 3. The summed E-state index contributed by atoms with van der Waals surface area (Å²) in [5, 5.41) is 10.4. The van der Waals surface area contributed by atoms with E-state index in [4.69, 9.17) is 0 Å². The molecular formula is C12H13N3S. The summed E-state index contributed by atoms with van der Waals surface area (Å²) in [7, 11) is 0. The van der Waals surface area contributed by atoms with Crippen LogP contribution in [0.4, 0.5) is 0 Å². The highest BCUT2D eigenvalue weighted by Gasteiger charge is 2.69. The molecule has 0 bridgehead atoms. The van der Waals surface area contributed by atoms with E-state index in [1.165, 1.54) is 19.3 Å². The fourth-order valence-electron chi connectivity index (χ4n) is 3.16. The standard InChI is InChI=1S/C12H13N3S/c1-16-10-5-6-14-11(15-10)12(7-13)8-3-2-4-9(8)12/h5-6,8-9H,2-4H2,1H3/t8-,9+,12?. The topological polar surface area (TPSA) is 49.6 Å². The lowest BCUT2D eigenvalue weighted by atomic mass is 9.96. The van der Waals surface area contributed by atoms with Gasteiger partial charge < -0.3 is 0 Å². The molecule has 0 saturated heterocycles. The van der Waals surface area contributed by atoms with Gasteiger partial charge >= 0.3 is 0 Å². The molecule has 1 aromatic rings. The fraction of sp³-hybridized carbons (Fsp3) is 0.583. The normalized spacial score (nSPS) is 35.5. The van der Waals surface area contributed by atoms with Gasteiger partial charge in [0.2, 0.25) is 0 Å². The molecule has 82 valence electrons. The summed E-state index contributed by atoms with van der Waals surface area (Å²) in [6.45, 7) is 0. The van der Waals surface area contributed by atoms with Crippen molar-refractivity contribution in [1.82, 2.24) is 9.97 Å². The number of thioether (sulfide) groups is 1. The Hall–Kier alpha value is -1.08. The average molecular weight is 231 g/mol. The van der Waals surface area contributed by atoms with Gasteiger partial charge in [0.15, 0.2) is 0 Å². The van der Waals surface area contributed by atoms with Crippen LogP contribution in [-0.4, -0.2) is 16.2 Å². The van der Waals surface area contributed by atoms with E-state index in [1.807, 2.05) is 12.3 Å². The van der Waals surface area contributed by atoms with Crippen LogP contribution in [0.25, 0.3) is 0 Å². The van der Waals surface area contributed by atoms with Gasteiger partial charge in [-0.15, -0.1) is 11.8 Å². The lowest BCUT2D eigenvalue weighted by Gasteiger charge is -2.11. The lowest BCUT2D eigenvalue weighted by molar-refractivity contribution is 0.572. The smallest absolute Gasteiger partial charge is 0.150 e. The van der Waals surface area contributed by atoms with Gasteiger partial charge in [-0.1, -0.05) is 6.42 Å². The molecule has 0 aromatic carbocycles. The van der Waals surface area contributed by atoms with Crippen LogP contribution < -0.4 is 0 Å². The van der Waals surface area contributed by atoms with E-state index in [2.05, 4.69) is 16.0 Å². The van der Waals surface area contributed by atoms with Crippen LogP contribution >= 0.6 is 11.8 Å². The summed E-state index contributed by atoms with van der Waals surface area (Å²) < 4.78 is 0. The third kappa shape index (κ3) is 1.15. The first-order valence-corrected chi connectivity index (χ1v) is 6.84. The van der Waals surface area contributed by atoms with Crippen molar-refractivity contribution < 1.29 is 0 Å². The zero-order valence-electron chi connectivity index (χ0n) is 9.18. The molecule has 2 fully saturated rings. The number of aromatic nitrogens is 2. The monoisotopic (exact) mass is 231 g/mol. The molecular weight excluding hydrogens is 218 g/mol. The minimum Gasteiger partial charge on any atom is -0.240 e. The van der Waals surface area contributed by atoms with Crippen molar-refractivity contribution in [2.24, 2.45) is 11.8 Å². The summed E-state index contributed by atoms with van der Waals surface area (Å²) in [6.07, 6.45) is 7.39. The first kappa shape index (κ1) is 10.1. The fourth-order valence-corrected chi connectivity index (χ4v) is 3.53. The van der Waals surface area contributed by atoms with Crippen molar-refractivity contribution in [1.29, 1.82) is 5.26 Å². The summed E-state index contributed by atoms with van der Waals surface area (Å²) >= 11 is 1.60. The highest BCUT2D eigenvalue weighted by Crippen LogP contribution is 2.66. The van der Waals surface area contributed by atoms with Gasteiger partial charge in [-0.05, 0) is 37.0 Å². The molecule has 4 heteroatoms. The zero-order chi connectivity index (χ0) is 11.2. The molecule has 3 atom stereocenters. The molecule has 0 radical (unpaired) electrons. The second-order valence-electron chi connectivity index (χ2n) is 4.55. The van der Waals surface area contributed by atoms with Crippen molar-refractivity contribution in [3.8, 4) is 6.07 Å². The van der Waals surface area contributed by atoms with Gasteiger partial charge in [-0.3, -0.25) is 0 Å². The Morgan fingerprint density at radius 1 is 1.50 bits per heavy atom. The van der Waals surface area contributed by atoms with Crippen LogP contribution in [0.3, 0.4) is 0 Å². The number of rotatable bonds is 2. The Labute approximate surface area is 99.3 Å². The van der Waals surface area contributed by atoms with Gasteiger partial charge in [0.05, 0.1) is 11.1 Å². The van der Waals surface area contributed by atoms with E-state index in [-0.39, 0.29) is 5.41 Å². The zero-order valence-corrected chi connectivity index (χ0v) is 10.00. The van der Waals surface area contributed by atoms with Crippen LogP contribution in [0.15, 0.2) is 17.3 Å². The molecule has 0 aliphatic heterocycles. The SMILES string of the molecule is CSc1ccnc(C2(C#N)[C@@H]3CCC[C@@H]32)n1. The Morgan fingerprint density at radius 3 is 2.88 bits per heavy atom. The van der Waals surface area contributed by atoms with Crippen LogP contribution in [-0.2, 0) is 5.41 Å². The predicted octanol–water partition coefficient (Wildman–Crippen LogP) is 2.39. The second kappa shape index (κ2) is 3.46. The highest BCUT2D eigenvalue weighted by atomic mass is 32.2. The third-order valence-corrected chi connectivity index (χ3v) is 4.62. The minimum atomic E-state index is -0.343. The van der Waals surface area contributed by atoms with Gasteiger partial charge in [0, 0.05) is 6.20 Å². The maximum absolute atomic E-state index is 9.44. The van der Waals surface area contributed by atoms with E-state index in [1.54, 1.807) is 18.0 Å². The number of fused-ring (bicyclic) bond motifs is 1. The Morgan fingerprint density at radius 2 is 2.25 bits per heavy atom. The third-order valence-electron chi connectivity index (χ3n) is 3.97. The van der Waals surface area contributed by atoms with E-state index in [0.29, 0.717) is 11.8 Å². The predicted molar refractivity (Wildman–Crippen MR) is 61.9 cm³/mol. The molecule has 0 spiro atoms. The van der Waals surface area contributed by atoms with Gasteiger partial charge in [-0.2, -0.15) is 5.26 Å². The quantitative estimate of drug-likeness (QED) is 0.579. The van der Waals surface area contributed by atoms with Crippen molar-refractivity contribution in [2.45, 2.75) is 29.7 Å². The maximum Gasteiger partial charge on any atom is 0.150 e. The van der Waals surface area contributed by atoms with Gasteiger partial charge in [0.25, 0.3) is 0 Å². The number of hydrogen-bond acceptors (Lipinski definition) is 4. The van der Waals surface area contributed by atoms with Crippen LogP contribution in [0.5, 0.6) is 0 Å². The number of hydrogen-bond donors (Lipinski definition) is 0. The molecule has 0 amide bonds. The van der Waals surface area contributed by atoms with E-state index in [0.717, 1.165) is 10.9 Å². The Bertz CT molecular complexity index is 456. The molecule has 1 aromatic heterocycles. The van der Waals surface area contributed by atoms with Crippen LogP contribution in [0.1, 0.15) is 25.1 Å². The number of nitriles is 1. The Kier molecular flexibility index (Phi) is 2.18. The second-order valence-corrected chi connectivity index (χ2v) is 5.37. The molecule has 1 heterocycles. The summed E-state index contributed by atoms with van der Waals surface area (Å²) in [5.41, 5.74) is -0.343. The largest absolute Gasteiger partial charge is 0.240 e. The molecule has 1 unspecified atom stereocenters. The highest BCUT2D eigenvalue weighted by molar-refractivity contribution is 7.98. The summed E-state index contributed by atoms with van der Waals surface area (Å²) in [5.74, 6) is 1.81. The van der Waals surface area contributed by atoms with Crippen molar-refractivity contribution in [2.75, 3.05) is 6.26 Å². The summed E-state index contributed by atoms with van der Waals surface area (Å²) in [6, 6.07) is 4.39. The Balaban J connectivity index is 2.00. The minimum absolute atomic E-state index is 0.343. The summed E-state index contributed by atoms with van der Waals surface area (Å²) in [4.78, 5) is 8.84. The lowest BCUT2D eigenvalue weighted by Crippen LogP contribution is -2.16. The first-order chi connectivity index (χ1) is 7.82. The van der Waals surface area contributed by atoms with E-state index < -0.39 is 0 Å². The average Bonchev–Trinajstić information content (AvgIpc) is 2.72. The molecule has 16 heavy (non-hydrogen) atoms. The maximum atomic E-state index is 9.44. The molecule has 2 aliphatic rings. The molecule has 2 saturated carbocycles. The van der Waals surface area contributed by atoms with E-state index in [9.17, 15) is 5.26 Å².